The van der Waals surface area contributed by atoms with Crippen LogP contribution < -0.4 is 15.0 Å². The molecule has 0 spiro atoms. The van der Waals surface area contributed by atoms with Gasteiger partial charge in [0, 0.05) is 43.0 Å². The largest absolute Gasteiger partial charge is 0.481 e. The van der Waals surface area contributed by atoms with Crippen molar-refractivity contribution in [3.8, 4) is 5.88 Å². The molecule has 2 aliphatic rings. The average Bonchev–Trinajstić information content (AvgIpc) is 2.46. The lowest BCUT2D eigenvalue weighted by atomic mass is 9.84. The number of nitrogens with one attached hydrogen (secondary N) is 1. The Morgan fingerprint density at radius 3 is 2.71 bits per heavy atom. The maximum atomic E-state index is 12.0. The van der Waals surface area contributed by atoms with Crippen LogP contribution >= 0.6 is 0 Å². The molecule has 1 saturated carbocycles. The Hall–Kier alpha value is -1.78. The maximum absolute atomic E-state index is 12.0. The number of hydrogen-bond acceptors (Lipinski definition) is 4. The molecule has 0 unspecified atom stereocenters. The van der Waals surface area contributed by atoms with E-state index in [2.05, 4.69) is 15.2 Å². The first-order valence-corrected chi connectivity index (χ1v) is 7.81. The maximum Gasteiger partial charge on any atom is 0.223 e. The Morgan fingerprint density at radius 2 is 2.10 bits per heavy atom. The number of carbonyl (C=O) groups is 1. The van der Waals surface area contributed by atoms with Crippen molar-refractivity contribution in [2.75, 3.05) is 25.1 Å². The molecule has 0 radical (unpaired) electrons. The third kappa shape index (κ3) is 3.28. The minimum Gasteiger partial charge on any atom is -0.481 e. The topological polar surface area (TPSA) is 54.5 Å². The summed E-state index contributed by atoms with van der Waals surface area (Å²) in [6.07, 6.45) is 7.13. The van der Waals surface area contributed by atoms with Gasteiger partial charge in [-0.2, -0.15) is 0 Å². The predicted octanol–water partition coefficient (Wildman–Crippen LogP) is 1.98. The molecule has 1 aliphatic heterocycles. The van der Waals surface area contributed by atoms with E-state index >= 15 is 0 Å². The van der Waals surface area contributed by atoms with E-state index in [-0.39, 0.29) is 11.8 Å². The molecular formula is C16H23N3O2. The average molecular weight is 289 g/mol. The molecule has 1 aromatic rings. The molecule has 2 heterocycles. The van der Waals surface area contributed by atoms with E-state index in [1.54, 1.807) is 13.3 Å². The lowest BCUT2D eigenvalue weighted by molar-refractivity contribution is -0.128. The number of hydrogen-bond donors (Lipinski definition) is 1. The highest BCUT2D eigenvalue weighted by molar-refractivity contribution is 5.79. The smallest absolute Gasteiger partial charge is 0.223 e. The fourth-order valence-corrected chi connectivity index (χ4v) is 2.98. The highest BCUT2D eigenvalue weighted by Crippen LogP contribution is 2.27. The van der Waals surface area contributed by atoms with E-state index in [0.717, 1.165) is 44.5 Å². The number of methoxy groups -OCH3 is 1. The number of aromatic nitrogens is 1. The third-order valence-corrected chi connectivity index (χ3v) is 4.61. The van der Waals surface area contributed by atoms with Crippen molar-refractivity contribution in [1.29, 1.82) is 0 Å². The SMILES string of the molecule is COc1cc(N2CCC(NC(=O)C3CCC3)CC2)ccn1. The Morgan fingerprint density at radius 1 is 1.33 bits per heavy atom. The molecule has 1 N–H and O–H groups in total. The molecule has 1 aliphatic carbocycles. The van der Waals surface area contributed by atoms with E-state index < -0.39 is 0 Å². The minimum absolute atomic E-state index is 0.269. The number of nitrogens with zero attached hydrogens (tertiary/aromatic N) is 2. The van der Waals surface area contributed by atoms with Gasteiger partial charge < -0.3 is 15.0 Å². The summed E-state index contributed by atoms with van der Waals surface area (Å²) in [6.45, 7) is 1.92. The second-order valence-corrected chi connectivity index (χ2v) is 5.95. The lowest BCUT2D eigenvalue weighted by Gasteiger charge is -2.35. The molecule has 5 nitrogen and oxygen atoms in total. The minimum atomic E-state index is 0.269. The van der Waals surface area contributed by atoms with E-state index in [0.29, 0.717) is 11.9 Å². The van der Waals surface area contributed by atoms with Crippen LogP contribution in [0.1, 0.15) is 32.1 Å². The van der Waals surface area contributed by atoms with Gasteiger partial charge in [-0.1, -0.05) is 6.42 Å². The summed E-state index contributed by atoms with van der Waals surface area (Å²) in [5, 5.41) is 3.21. The zero-order valence-electron chi connectivity index (χ0n) is 12.5. The van der Waals surface area contributed by atoms with Gasteiger partial charge >= 0.3 is 0 Å². The molecule has 1 aromatic heterocycles. The van der Waals surface area contributed by atoms with Crippen LogP contribution in [0.15, 0.2) is 18.3 Å². The second kappa shape index (κ2) is 6.33. The molecule has 1 saturated heterocycles. The van der Waals surface area contributed by atoms with Gasteiger partial charge in [0.15, 0.2) is 0 Å². The number of ether oxygens (including phenoxy) is 1. The van der Waals surface area contributed by atoms with Crippen LogP contribution in [0.3, 0.4) is 0 Å². The first-order chi connectivity index (χ1) is 10.3. The van der Waals surface area contributed by atoms with Crippen molar-refractivity contribution >= 4 is 11.6 Å². The van der Waals surface area contributed by atoms with Crippen LogP contribution in [0.4, 0.5) is 5.69 Å². The third-order valence-electron chi connectivity index (χ3n) is 4.61. The molecule has 2 fully saturated rings. The van der Waals surface area contributed by atoms with Gasteiger partial charge in [0.25, 0.3) is 0 Å². The summed E-state index contributed by atoms with van der Waals surface area (Å²) in [4.78, 5) is 18.4. The van der Waals surface area contributed by atoms with Crippen molar-refractivity contribution in [3.05, 3.63) is 18.3 Å². The van der Waals surface area contributed by atoms with E-state index in [4.69, 9.17) is 4.74 Å². The van der Waals surface area contributed by atoms with Crippen LogP contribution in [0, 0.1) is 5.92 Å². The van der Waals surface area contributed by atoms with Gasteiger partial charge in [0.2, 0.25) is 11.8 Å². The lowest BCUT2D eigenvalue weighted by Crippen LogP contribution is -2.47. The van der Waals surface area contributed by atoms with Crippen molar-refractivity contribution < 1.29 is 9.53 Å². The first-order valence-electron chi connectivity index (χ1n) is 7.81. The van der Waals surface area contributed by atoms with E-state index in [9.17, 15) is 4.79 Å². The molecule has 5 heteroatoms. The summed E-state index contributed by atoms with van der Waals surface area (Å²) in [7, 11) is 1.63. The summed E-state index contributed by atoms with van der Waals surface area (Å²) in [6, 6.07) is 4.31. The molecule has 21 heavy (non-hydrogen) atoms. The number of amides is 1. The molecule has 0 atom stereocenters. The first kappa shape index (κ1) is 14.2. The highest BCUT2D eigenvalue weighted by atomic mass is 16.5. The normalized spacial score (nSPS) is 20.0. The van der Waals surface area contributed by atoms with Crippen LogP contribution in [0.5, 0.6) is 5.88 Å². The van der Waals surface area contributed by atoms with Gasteiger partial charge in [-0.05, 0) is 31.7 Å². The zero-order valence-corrected chi connectivity index (χ0v) is 12.5. The van der Waals surface area contributed by atoms with Gasteiger partial charge in [-0.25, -0.2) is 4.98 Å². The van der Waals surface area contributed by atoms with Gasteiger partial charge in [-0.3, -0.25) is 4.79 Å². The van der Waals surface area contributed by atoms with E-state index in [1.165, 1.54) is 6.42 Å². The molecule has 3 rings (SSSR count). The molecular weight excluding hydrogens is 266 g/mol. The standard InChI is InChI=1S/C16H23N3O2/c1-21-15-11-14(5-8-17-15)19-9-6-13(7-10-19)18-16(20)12-3-2-4-12/h5,8,11-13H,2-4,6-7,9-10H2,1H3,(H,18,20). The summed E-state index contributed by atoms with van der Waals surface area (Å²) in [5.41, 5.74) is 1.14. The summed E-state index contributed by atoms with van der Waals surface area (Å²) in [5.74, 6) is 1.20. The van der Waals surface area contributed by atoms with Crippen molar-refractivity contribution in [2.45, 2.75) is 38.1 Å². The van der Waals surface area contributed by atoms with Gasteiger partial charge in [0.05, 0.1) is 7.11 Å². The summed E-state index contributed by atoms with van der Waals surface area (Å²) >= 11 is 0. The Balaban J connectivity index is 1.51. The summed E-state index contributed by atoms with van der Waals surface area (Å²) < 4.78 is 5.17. The van der Waals surface area contributed by atoms with E-state index in [1.807, 2.05) is 12.1 Å². The predicted molar refractivity (Wildman–Crippen MR) is 81.5 cm³/mol. The molecule has 0 bridgehead atoms. The number of piperidine rings is 1. The Labute approximate surface area is 125 Å². The van der Waals surface area contributed by atoms with Crippen LogP contribution in [0.2, 0.25) is 0 Å². The van der Waals surface area contributed by atoms with Crippen molar-refractivity contribution in [3.63, 3.8) is 0 Å². The number of rotatable bonds is 4. The van der Waals surface area contributed by atoms with Gasteiger partial charge in [-0.15, -0.1) is 0 Å². The quantitative estimate of drug-likeness (QED) is 0.921. The highest BCUT2D eigenvalue weighted by Gasteiger charge is 2.28. The molecule has 1 amide bonds. The Bertz CT molecular complexity index is 494. The van der Waals surface area contributed by atoms with Crippen LogP contribution in [-0.4, -0.2) is 37.1 Å². The second-order valence-electron chi connectivity index (χ2n) is 5.95. The van der Waals surface area contributed by atoms with Gasteiger partial charge in [0.1, 0.15) is 0 Å². The van der Waals surface area contributed by atoms with Crippen molar-refractivity contribution in [2.24, 2.45) is 5.92 Å². The van der Waals surface area contributed by atoms with Crippen molar-refractivity contribution in [1.82, 2.24) is 10.3 Å². The molecule has 114 valence electrons. The fourth-order valence-electron chi connectivity index (χ4n) is 2.98. The number of carbonyl (C=O) groups excluding carboxylic acids is 1. The van der Waals surface area contributed by atoms with Crippen LogP contribution in [-0.2, 0) is 4.79 Å². The number of pyridine rings is 1. The van der Waals surface area contributed by atoms with Crippen LogP contribution in [0.25, 0.3) is 0 Å². The zero-order chi connectivity index (χ0) is 14.7. The molecule has 0 aromatic carbocycles. The Kier molecular flexibility index (Phi) is 4.27. The monoisotopic (exact) mass is 289 g/mol. The fraction of sp³-hybridized carbons (Fsp3) is 0.625. The number of anilines is 1.